The van der Waals surface area contributed by atoms with Crippen LogP contribution < -0.4 is 0 Å². The number of rotatable bonds is 1. The lowest BCUT2D eigenvalue weighted by molar-refractivity contribution is 0.755. The van der Waals surface area contributed by atoms with Crippen molar-refractivity contribution >= 4 is 17.2 Å². The molecule has 21 heavy (non-hydrogen) atoms. The average molecular weight is 280 g/mol. The van der Waals surface area contributed by atoms with E-state index in [9.17, 15) is 0 Å². The lowest BCUT2D eigenvalue weighted by Gasteiger charge is -2.03. The molecule has 1 aliphatic carbocycles. The summed E-state index contributed by atoms with van der Waals surface area (Å²) in [6.45, 7) is 6.06. The van der Waals surface area contributed by atoms with Gasteiger partial charge in [0, 0.05) is 17.0 Å². The van der Waals surface area contributed by atoms with Crippen molar-refractivity contribution < 1.29 is 0 Å². The highest BCUT2D eigenvalue weighted by Gasteiger charge is 2.17. The summed E-state index contributed by atoms with van der Waals surface area (Å²) in [5, 5.41) is 13.1. The van der Waals surface area contributed by atoms with Crippen LogP contribution in [-0.2, 0) is 6.42 Å². The molecule has 3 aromatic rings. The number of aromatic amines is 1. The number of hydrogen-bond acceptors (Lipinski definition) is 4. The van der Waals surface area contributed by atoms with Crippen molar-refractivity contribution in [3.63, 3.8) is 0 Å². The molecule has 0 saturated carbocycles. The molecular formula is C15H16N6. The van der Waals surface area contributed by atoms with E-state index in [1.807, 2.05) is 13.8 Å². The SMILES string of the molecule is Cc1nn(-c2nnc3c4c([nH]c3n2)C=CCC4)c(C)c1C. The second-order valence-electron chi connectivity index (χ2n) is 5.47. The van der Waals surface area contributed by atoms with E-state index >= 15 is 0 Å². The third-order valence-electron chi connectivity index (χ3n) is 4.23. The van der Waals surface area contributed by atoms with E-state index in [-0.39, 0.29) is 0 Å². The lowest BCUT2D eigenvalue weighted by Crippen LogP contribution is -2.06. The molecule has 106 valence electrons. The van der Waals surface area contributed by atoms with E-state index in [4.69, 9.17) is 0 Å². The lowest BCUT2D eigenvalue weighted by atomic mass is 10.0. The van der Waals surface area contributed by atoms with Crippen molar-refractivity contribution in [2.24, 2.45) is 0 Å². The van der Waals surface area contributed by atoms with Gasteiger partial charge in [-0.05, 0) is 45.3 Å². The Morgan fingerprint density at radius 1 is 1.19 bits per heavy atom. The van der Waals surface area contributed by atoms with Crippen LogP contribution in [0.1, 0.15) is 34.6 Å². The molecule has 0 radical (unpaired) electrons. The highest BCUT2D eigenvalue weighted by Crippen LogP contribution is 2.25. The molecule has 3 heterocycles. The number of nitrogens with one attached hydrogen (secondary N) is 1. The summed E-state index contributed by atoms with van der Waals surface area (Å²) >= 11 is 0. The molecule has 0 spiro atoms. The third-order valence-corrected chi connectivity index (χ3v) is 4.23. The minimum atomic E-state index is 0.513. The molecule has 0 aliphatic heterocycles. The summed E-state index contributed by atoms with van der Waals surface area (Å²) in [7, 11) is 0. The smallest absolute Gasteiger partial charge is 0.272 e. The summed E-state index contributed by atoms with van der Waals surface area (Å²) in [6.07, 6.45) is 6.28. The monoisotopic (exact) mass is 280 g/mol. The van der Waals surface area contributed by atoms with Gasteiger partial charge < -0.3 is 4.98 Å². The Kier molecular flexibility index (Phi) is 2.48. The topological polar surface area (TPSA) is 72.3 Å². The summed E-state index contributed by atoms with van der Waals surface area (Å²) in [5.74, 6) is 0.513. The van der Waals surface area contributed by atoms with Crippen LogP contribution in [0.4, 0.5) is 0 Å². The van der Waals surface area contributed by atoms with Crippen molar-refractivity contribution in [2.75, 3.05) is 0 Å². The summed E-state index contributed by atoms with van der Waals surface area (Å²) in [6, 6.07) is 0. The third kappa shape index (κ3) is 1.72. The molecule has 6 nitrogen and oxygen atoms in total. The average Bonchev–Trinajstić information content (AvgIpc) is 2.99. The number of H-pyrrole nitrogens is 1. The summed E-state index contributed by atoms with van der Waals surface area (Å²) in [5.41, 5.74) is 7.16. The van der Waals surface area contributed by atoms with E-state index in [1.165, 1.54) is 5.56 Å². The molecule has 1 N–H and O–H groups in total. The quantitative estimate of drug-likeness (QED) is 0.743. The Hall–Kier alpha value is -2.50. The molecule has 0 amide bonds. The molecule has 6 heteroatoms. The van der Waals surface area contributed by atoms with Gasteiger partial charge in [0.25, 0.3) is 5.95 Å². The van der Waals surface area contributed by atoms with Crippen molar-refractivity contribution in [3.8, 4) is 5.95 Å². The molecule has 0 bridgehead atoms. The number of aromatic nitrogens is 6. The predicted octanol–water partition coefficient (Wildman–Crippen LogP) is 2.42. The fraction of sp³-hybridized carbons (Fsp3) is 0.333. The van der Waals surface area contributed by atoms with Gasteiger partial charge in [0.05, 0.1) is 5.69 Å². The Balaban J connectivity index is 1.91. The van der Waals surface area contributed by atoms with Gasteiger partial charge in [0.15, 0.2) is 5.65 Å². The first kappa shape index (κ1) is 12.3. The van der Waals surface area contributed by atoms with Crippen LogP contribution in [0, 0.1) is 20.8 Å². The maximum atomic E-state index is 4.60. The van der Waals surface area contributed by atoms with Gasteiger partial charge in [-0.25, -0.2) is 4.68 Å². The number of fused-ring (bicyclic) bond motifs is 3. The predicted molar refractivity (Wildman–Crippen MR) is 80.4 cm³/mol. The Morgan fingerprint density at radius 2 is 2.05 bits per heavy atom. The van der Waals surface area contributed by atoms with E-state index in [2.05, 4.69) is 44.3 Å². The Labute approximate surface area is 121 Å². The van der Waals surface area contributed by atoms with Crippen LogP contribution in [0.15, 0.2) is 6.08 Å². The van der Waals surface area contributed by atoms with E-state index < -0.39 is 0 Å². The van der Waals surface area contributed by atoms with Crippen LogP contribution in [0.2, 0.25) is 0 Å². The first-order valence-corrected chi connectivity index (χ1v) is 7.10. The van der Waals surface area contributed by atoms with Gasteiger partial charge in [0.2, 0.25) is 0 Å². The number of hydrogen-bond donors (Lipinski definition) is 1. The molecule has 0 atom stereocenters. The zero-order valence-electron chi connectivity index (χ0n) is 12.3. The minimum Gasteiger partial charge on any atom is -0.338 e. The van der Waals surface area contributed by atoms with Crippen molar-refractivity contribution in [2.45, 2.75) is 33.6 Å². The molecule has 0 aromatic carbocycles. The summed E-state index contributed by atoms with van der Waals surface area (Å²) < 4.78 is 1.76. The molecule has 1 aliphatic rings. The first-order chi connectivity index (χ1) is 10.1. The summed E-state index contributed by atoms with van der Waals surface area (Å²) in [4.78, 5) is 7.93. The molecule has 0 fully saturated rings. The van der Waals surface area contributed by atoms with Crippen LogP contribution in [0.5, 0.6) is 0 Å². The Bertz CT molecular complexity index is 883. The molecule has 0 unspecified atom stereocenters. The Morgan fingerprint density at radius 3 is 2.81 bits per heavy atom. The van der Waals surface area contributed by atoms with Crippen molar-refractivity contribution in [3.05, 3.63) is 34.3 Å². The first-order valence-electron chi connectivity index (χ1n) is 7.10. The van der Waals surface area contributed by atoms with Crippen LogP contribution in [-0.4, -0.2) is 29.9 Å². The fourth-order valence-corrected chi connectivity index (χ4v) is 2.77. The van der Waals surface area contributed by atoms with E-state index in [1.54, 1.807) is 4.68 Å². The van der Waals surface area contributed by atoms with Crippen LogP contribution in [0.25, 0.3) is 23.2 Å². The van der Waals surface area contributed by atoms with Crippen molar-refractivity contribution in [1.29, 1.82) is 0 Å². The maximum Gasteiger partial charge on any atom is 0.272 e. The molecule has 4 rings (SSSR count). The van der Waals surface area contributed by atoms with Gasteiger partial charge in [-0.3, -0.25) is 0 Å². The second kappa shape index (κ2) is 4.25. The van der Waals surface area contributed by atoms with E-state index in [0.717, 1.165) is 46.7 Å². The molecule has 0 saturated heterocycles. The highest BCUT2D eigenvalue weighted by atomic mass is 15.4. The van der Waals surface area contributed by atoms with Gasteiger partial charge in [0.1, 0.15) is 5.52 Å². The maximum absolute atomic E-state index is 4.60. The normalized spacial score (nSPS) is 13.9. The second-order valence-corrected chi connectivity index (χ2v) is 5.47. The highest BCUT2D eigenvalue weighted by molar-refractivity contribution is 5.81. The van der Waals surface area contributed by atoms with Crippen LogP contribution in [0.3, 0.4) is 0 Å². The van der Waals surface area contributed by atoms with E-state index in [0.29, 0.717) is 5.95 Å². The van der Waals surface area contributed by atoms with Crippen molar-refractivity contribution in [1.82, 2.24) is 29.9 Å². The molecule has 3 aromatic heterocycles. The van der Waals surface area contributed by atoms with Gasteiger partial charge >= 0.3 is 0 Å². The van der Waals surface area contributed by atoms with Gasteiger partial charge in [-0.2, -0.15) is 10.1 Å². The standard InChI is InChI=1S/C15H16N6/c1-8-9(2)20-21(10(8)3)15-17-14-13(18-19-15)11-6-4-5-7-12(11)16-14/h5,7H,4,6H2,1-3H3,(H,16,17,19). The number of aryl methyl sites for hydroxylation is 2. The minimum absolute atomic E-state index is 0.513. The zero-order valence-corrected chi connectivity index (χ0v) is 12.3. The number of nitrogens with zero attached hydrogens (tertiary/aromatic N) is 5. The number of allylic oxidation sites excluding steroid dienone is 1. The van der Waals surface area contributed by atoms with Gasteiger partial charge in [-0.15, -0.1) is 10.2 Å². The van der Waals surface area contributed by atoms with Gasteiger partial charge in [-0.1, -0.05) is 6.08 Å². The zero-order chi connectivity index (χ0) is 14.6. The van der Waals surface area contributed by atoms with Crippen LogP contribution >= 0.6 is 0 Å². The molecular weight excluding hydrogens is 264 g/mol. The largest absolute Gasteiger partial charge is 0.338 e. The fourth-order valence-electron chi connectivity index (χ4n) is 2.77.